The number of anilines is 1. The topological polar surface area (TPSA) is 46.9 Å². The molecule has 4 nitrogen and oxygen atoms in total. The van der Waals surface area contributed by atoms with Gasteiger partial charge in [-0.2, -0.15) is 0 Å². The van der Waals surface area contributed by atoms with Gasteiger partial charge in [0.05, 0.1) is 6.04 Å². The smallest absolute Gasteiger partial charge is 0.293 e. The maximum Gasteiger partial charge on any atom is 0.293 e. The molecule has 1 unspecified atom stereocenters. The van der Waals surface area contributed by atoms with Crippen molar-refractivity contribution in [2.24, 2.45) is 7.05 Å². The van der Waals surface area contributed by atoms with Gasteiger partial charge in [0.2, 0.25) is 0 Å². The molecule has 1 N–H and O–H groups in total. The number of rotatable bonds is 4. The number of nitrogens with one attached hydrogen (secondary N) is 1. The quantitative estimate of drug-likeness (QED) is 0.746. The third kappa shape index (κ3) is 2.84. The summed E-state index contributed by atoms with van der Waals surface area (Å²) in [7, 11) is 1.68. The van der Waals surface area contributed by atoms with E-state index in [1.165, 1.54) is 4.57 Å². The molecule has 0 radical (unpaired) electrons. The van der Waals surface area contributed by atoms with Crippen molar-refractivity contribution >= 4 is 5.82 Å². The van der Waals surface area contributed by atoms with Crippen LogP contribution in [0.4, 0.5) is 5.82 Å². The van der Waals surface area contributed by atoms with Crippen LogP contribution in [0.2, 0.25) is 0 Å². The Morgan fingerprint density at radius 1 is 1.73 bits per heavy atom. The van der Waals surface area contributed by atoms with E-state index in [9.17, 15) is 4.79 Å². The molecular formula is C11H15N3O. The predicted octanol–water partition coefficient (Wildman–Crippen LogP) is 0.994. The summed E-state index contributed by atoms with van der Waals surface area (Å²) >= 11 is 0. The minimum Gasteiger partial charge on any atom is -0.352 e. The first-order valence-electron chi connectivity index (χ1n) is 4.93. The van der Waals surface area contributed by atoms with Gasteiger partial charge in [-0.05, 0) is 6.42 Å². The summed E-state index contributed by atoms with van der Waals surface area (Å²) in [5.74, 6) is 2.91. The number of aryl methyl sites for hydroxylation is 1. The minimum atomic E-state index is -0.158. The lowest BCUT2D eigenvalue weighted by atomic mass is 10.2. The fourth-order valence-electron chi connectivity index (χ4n) is 1.25. The average Bonchev–Trinajstić information content (AvgIpc) is 2.24. The van der Waals surface area contributed by atoms with Crippen LogP contribution < -0.4 is 10.9 Å². The monoisotopic (exact) mass is 205 g/mol. The lowest BCUT2D eigenvalue weighted by molar-refractivity contribution is 0.744. The van der Waals surface area contributed by atoms with Crippen LogP contribution in [0.3, 0.4) is 0 Å². The van der Waals surface area contributed by atoms with Crippen molar-refractivity contribution in [2.45, 2.75) is 25.8 Å². The zero-order valence-electron chi connectivity index (χ0n) is 9.03. The molecule has 0 aliphatic rings. The summed E-state index contributed by atoms with van der Waals surface area (Å²) in [4.78, 5) is 15.6. The van der Waals surface area contributed by atoms with E-state index in [4.69, 9.17) is 6.42 Å². The van der Waals surface area contributed by atoms with Crippen molar-refractivity contribution in [1.29, 1.82) is 0 Å². The van der Waals surface area contributed by atoms with E-state index in [0.717, 1.165) is 12.8 Å². The van der Waals surface area contributed by atoms with Gasteiger partial charge in [0.25, 0.3) is 5.56 Å². The van der Waals surface area contributed by atoms with Gasteiger partial charge in [0.1, 0.15) is 0 Å². The summed E-state index contributed by atoms with van der Waals surface area (Å²) in [5, 5.41) is 2.96. The predicted molar refractivity (Wildman–Crippen MR) is 60.6 cm³/mol. The molecule has 15 heavy (non-hydrogen) atoms. The van der Waals surface area contributed by atoms with Crippen LogP contribution in [0, 0.1) is 12.3 Å². The van der Waals surface area contributed by atoms with Crippen molar-refractivity contribution in [3.05, 3.63) is 22.7 Å². The van der Waals surface area contributed by atoms with Gasteiger partial charge in [-0.15, -0.1) is 6.42 Å². The zero-order valence-corrected chi connectivity index (χ0v) is 9.03. The third-order valence-corrected chi connectivity index (χ3v) is 2.11. The summed E-state index contributed by atoms with van der Waals surface area (Å²) in [6.45, 7) is 2.04. The van der Waals surface area contributed by atoms with Crippen LogP contribution in [0.1, 0.15) is 19.8 Å². The van der Waals surface area contributed by atoms with Crippen molar-refractivity contribution in [2.75, 3.05) is 5.32 Å². The van der Waals surface area contributed by atoms with E-state index < -0.39 is 0 Å². The molecule has 80 valence electrons. The summed E-state index contributed by atoms with van der Waals surface area (Å²) in [6, 6.07) is -0.127. The highest BCUT2D eigenvalue weighted by molar-refractivity contribution is 5.35. The maximum absolute atomic E-state index is 11.6. The molecule has 0 saturated heterocycles. The largest absolute Gasteiger partial charge is 0.352 e. The van der Waals surface area contributed by atoms with Gasteiger partial charge >= 0.3 is 0 Å². The number of aromatic nitrogens is 2. The Hall–Kier alpha value is -1.76. The summed E-state index contributed by atoms with van der Waals surface area (Å²) < 4.78 is 1.47. The molecule has 0 spiro atoms. The number of hydrogen-bond acceptors (Lipinski definition) is 3. The van der Waals surface area contributed by atoms with E-state index in [-0.39, 0.29) is 11.6 Å². The Morgan fingerprint density at radius 2 is 2.47 bits per heavy atom. The van der Waals surface area contributed by atoms with Crippen molar-refractivity contribution in [3.63, 3.8) is 0 Å². The van der Waals surface area contributed by atoms with E-state index in [1.54, 1.807) is 19.4 Å². The first kappa shape index (κ1) is 11.3. The van der Waals surface area contributed by atoms with Crippen molar-refractivity contribution in [3.8, 4) is 12.3 Å². The highest BCUT2D eigenvalue weighted by atomic mass is 16.1. The Kier molecular flexibility index (Phi) is 3.92. The molecule has 1 atom stereocenters. The molecule has 1 aromatic heterocycles. The van der Waals surface area contributed by atoms with Crippen LogP contribution in [0.5, 0.6) is 0 Å². The summed E-state index contributed by atoms with van der Waals surface area (Å²) in [6.07, 6.45) is 10.3. The summed E-state index contributed by atoms with van der Waals surface area (Å²) in [5.41, 5.74) is -0.158. The molecule has 0 saturated carbocycles. The van der Waals surface area contributed by atoms with Crippen LogP contribution in [0.25, 0.3) is 0 Å². The van der Waals surface area contributed by atoms with Crippen LogP contribution in [-0.4, -0.2) is 15.6 Å². The molecule has 4 heteroatoms. The second-order valence-corrected chi connectivity index (χ2v) is 3.34. The Bertz CT molecular complexity index is 417. The number of terminal acetylenes is 1. The SMILES string of the molecule is C#CC(CCC)Nc1nccn(C)c1=O. The van der Waals surface area contributed by atoms with Crippen LogP contribution in [-0.2, 0) is 7.05 Å². The molecule has 1 heterocycles. The van der Waals surface area contributed by atoms with E-state index >= 15 is 0 Å². The lowest BCUT2D eigenvalue weighted by Crippen LogP contribution is -2.27. The lowest BCUT2D eigenvalue weighted by Gasteiger charge is -2.12. The standard InChI is InChI=1S/C11H15N3O/c1-4-6-9(5-2)13-10-11(15)14(3)8-7-12-10/h2,7-9H,4,6H2,1,3H3,(H,12,13). The van der Waals surface area contributed by atoms with E-state index in [2.05, 4.69) is 16.2 Å². The molecule has 0 fully saturated rings. The van der Waals surface area contributed by atoms with Gasteiger partial charge in [0.15, 0.2) is 5.82 Å². The number of hydrogen-bond donors (Lipinski definition) is 1. The van der Waals surface area contributed by atoms with Gasteiger partial charge in [-0.3, -0.25) is 4.79 Å². The highest BCUT2D eigenvalue weighted by Crippen LogP contribution is 2.01. The average molecular weight is 205 g/mol. The minimum absolute atomic E-state index is 0.127. The van der Waals surface area contributed by atoms with Gasteiger partial charge in [-0.1, -0.05) is 19.3 Å². The third-order valence-electron chi connectivity index (χ3n) is 2.11. The second-order valence-electron chi connectivity index (χ2n) is 3.34. The first-order valence-corrected chi connectivity index (χ1v) is 4.93. The normalized spacial score (nSPS) is 11.8. The Labute approximate surface area is 89.3 Å². The molecule has 0 aliphatic carbocycles. The molecule has 0 aromatic carbocycles. The fourth-order valence-corrected chi connectivity index (χ4v) is 1.25. The number of nitrogens with zero attached hydrogens (tertiary/aromatic N) is 2. The van der Waals surface area contributed by atoms with Gasteiger partial charge in [-0.25, -0.2) is 4.98 Å². The molecule has 1 aromatic rings. The molecular weight excluding hydrogens is 190 g/mol. The van der Waals surface area contributed by atoms with Crippen LogP contribution in [0.15, 0.2) is 17.2 Å². The highest BCUT2D eigenvalue weighted by Gasteiger charge is 2.07. The van der Waals surface area contributed by atoms with Crippen molar-refractivity contribution in [1.82, 2.24) is 9.55 Å². The molecule has 1 rings (SSSR count). The fraction of sp³-hybridized carbons (Fsp3) is 0.455. The Balaban J connectivity index is 2.85. The second kappa shape index (κ2) is 5.20. The van der Waals surface area contributed by atoms with Gasteiger partial charge in [0, 0.05) is 19.4 Å². The molecule has 0 bridgehead atoms. The van der Waals surface area contributed by atoms with Crippen LogP contribution >= 0.6 is 0 Å². The Morgan fingerprint density at radius 3 is 3.07 bits per heavy atom. The molecule has 0 aliphatic heterocycles. The van der Waals surface area contributed by atoms with Crippen molar-refractivity contribution < 1.29 is 0 Å². The molecule has 0 amide bonds. The zero-order chi connectivity index (χ0) is 11.3. The van der Waals surface area contributed by atoms with E-state index in [0.29, 0.717) is 5.82 Å². The van der Waals surface area contributed by atoms with Gasteiger partial charge < -0.3 is 9.88 Å². The maximum atomic E-state index is 11.6. The van der Waals surface area contributed by atoms with E-state index in [1.807, 2.05) is 6.92 Å². The first-order chi connectivity index (χ1) is 7.19.